The maximum Gasteiger partial charge on any atom is 0.320 e. The molecular formula is C21H37N7O2. The molecule has 3 rings (SSSR count). The van der Waals surface area contributed by atoms with Crippen molar-refractivity contribution in [1.29, 1.82) is 0 Å². The van der Waals surface area contributed by atoms with Gasteiger partial charge in [-0.25, -0.2) is 0 Å². The van der Waals surface area contributed by atoms with Crippen LogP contribution >= 0.6 is 0 Å². The number of nitrogens with two attached hydrogens (primary N) is 1. The SMILES string of the molecule is CCCCOc1nc(N)c2c(n1)N(CCCCN1CCN(C(C)C)CC1)C(C=O)N2. The van der Waals surface area contributed by atoms with Crippen molar-refractivity contribution < 1.29 is 9.53 Å². The molecule has 1 aromatic rings. The van der Waals surface area contributed by atoms with Gasteiger partial charge in [0.15, 0.2) is 24.1 Å². The highest BCUT2D eigenvalue weighted by Gasteiger charge is 2.32. The first-order valence-corrected chi connectivity index (χ1v) is 11.3. The van der Waals surface area contributed by atoms with Gasteiger partial charge in [-0.15, -0.1) is 0 Å². The van der Waals surface area contributed by atoms with Gasteiger partial charge in [-0.1, -0.05) is 13.3 Å². The number of hydrogen-bond donors (Lipinski definition) is 2. The molecule has 0 spiro atoms. The standard InChI is InChI=1S/C21H37N7O2/c1-4-5-14-30-21-24-19(22)18-20(25-21)28(17(15-29)23-18)9-7-6-8-26-10-12-27(13-11-26)16(2)3/h15-17,23H,4-14H2,1-3H3,(H2,22,24,25). The largest absolute Gasteiger partial charge is 0.463 e. The van der Waals surface area contributed by atoms with Gasteiger partial charge in [0.2, 0.25) is 0 Å². The number of anilines is 3. The van der Waals surface area contributed by atoms with E-state index in [2.05, 4.69) is 45.9 Å². The van der Waals surface area contributed by atoms with Crippen molar-refractivity contribution >= 4 is 23.6 Å². The van der Waals surface area contributed by atoms with Gasteiger partial charge < -0.3 is 25.6 Å². The van der Waals surface area contributed by atoms with Gasteiger partial charge >= 0.3 is 6.01 Å². The van der Waals surface area contributed by atoms with Crippen molar-refractivity contribution in [2.45, 2.75) is 58.7 Å². The number of nitrogens with zero attached hydrogens (tertiary/aromatic N) is 5. The average molecular weight is 420 g/mol. The van der Waals surface area contributed by atoms with E-state index in [-0.39, 0.29) is 6.01 Å². The molecule has 1 aromatic heterocycles. The number of aldehydes is 1. The van der Waals surface area contributed by atoms with E-state index in [0.29, 0.717) is 30.0 Å². The molecule has 3 heterocycles. The Hall–Kier alpha value is -2.13. The molecule has 1 unspecified atom stereocenters. The molecule has 2 aliphatic heterocycles. The number of nitrogen functional groups attached to an aromatic ring is 1. The third kappa shape index (κ3) is 5.51. The van der Waals surface area contributed by atoms with Crippen LogP contribution in [0.2, 0.25) is 0 Å². The van der Waals surface area contributed by atoms with Crippen molar-refractivity contribution in [3.8, 4) is 6.01 Å². The zero-order valence-corrected chi connectivity index (χ0v) is 18.6. The first-order chi connectivity index (χ1) is 14.5. The number of unbranched alkanes of at least 4 members (excludes halogenated alkanes) is 2. The first kappa shape index (κ1) is 22.6. The quantitative estimate of drug-likeness (QED) is 0.411. The van der Waals surface area contributed by atoms with E-state index in [4.69, 9.17) is 10.5 Å². The zero-order chi connectivity index (χ0) is 21.5. The molecule has 30 heavy (non-hydrogen) atoms. The third-order valence-electron chi connectivity index (χ3n) is 5.92. The molecule has 9 heteroatoms. The Kier molecular flexibility index (Phi) is 8.09. The predicted molar refractivity (Wildman–Crippen MR) is 120 cm³/mol. The summed E-state index contributed by atoms with van der Waals surface area (Å²) in [6.45, 7) is 13.6. The molecule has 0 saturated carbocycles. The Labute approximate surface area is 180 Å². The summed E-state index contributed by atoms with van der Waals surface area (Å²) >= 11 is 0. The Morgan fingerprint density at radius 1 is 1.17 bits per heavy atom. The van der Waals surface area contributed by atoms with Crippen LogP contribution in [0.4, 0.5) is 17.3 Å². The van der Waals surface area contributed by atoms with Gasteiger partial charge in [-0.3, -0.25) is 9.69 Å². The number of carbonyl (C=O) groups excluding carboxylic acids is 1. The van der Waals surface area contributed by atoms with Crippen molar-refractivity contribution in [3.63, 3.8) is 0 Å². The van der Waals surface area contributed by atoms with Crippen LogP contribution in [0.25, 0.3) is 0 Å². The maximum absolute atomic E-state index is 11.6. The van der Waals surface area contributed by atoms with Gasteiger partial charge in [0, 0.05) is 38.8 Å². The fourth-order valence-electron chi connectivity index (χ4n) is 3.99. The maximum atomic E-state index is 11.6. The summed E-state index contributed by atoms with van der Waals surface area (Å²) in [7, 11) is 0. The monoisotopic (exact) mass is 419 g/mol. The average Bonchev–Trinajstić information content (AvgIpc) is 3.10. The van der Waals surface area contributed by atoms with Crippen LogP contribution in [-0.4, -0.2) is 84.1 Å². The lowest BCUT2D eigenvalue weighted by Crippen LogP contribution is -2.49. The summed E-state index contributed by atoms with van der Waals surface area (Å²) in [5.41, 5.74) is 6.72. The summed E-state index contributed by atoms with van der Waals surface area (Å²) in [5.74, 6) is 0.987. The van der Waals surface area contributed by atoms with E-state index in [9.17, 15) is 4.79 Å². The Morgan fingerprint density at radius 3 is 2.57 bits per heavy atom. The summed E-state index contributed by atoms with van der Waals surface area (Å²) < 4.78 is 5.64. The smallest absolute Gasteiger partial charge is 0.320 e. The van der Waals surface area contributed by atoms with E-state index in [0.717, 1.165) is 71.2 Å². The summed E-state index contributed by atoms with van der Waals surface area (Å²) in [6.07, 6.45) is 4.46. The van der Waals surface area contributed by atoms with Crippen molar-refractivity contribution in [2.24, 2.45) is 0 Å². The van der Waals surface area contributed by atoms with Crippen LogP contribution in [0.1, 0.15) is 46.5 Å². The Balaban J connectivity index is 1.52. The highest BCUT2D eigenvalue weighted by Crippen LogP contribution is 2.37. The van der Waals surface area contributed by atoms with E-state index < -0.39 is 6.17 Å². The second kappa shape index (κ2) is 10.8. The molecule has 2 aliphatic rings. The predicted octanol–water partition coefficient (Wildman–Crippen LogP) is 1.80. The number of hydrogen-bond acceptors (Lipinski definition) is 9. The molecule has 1 fully saturated rings. The van der Waals surface area contributed by atoms with E-state index in [1.165, 1.54) is 0 Å². The van der Waals surface area contributed by atoms with Gasteiger partial charge in [-0.2, -0.15) is 9.97 Å². The second-order valence-electron chi connectivity index (χ2n) is 8.39. The highest BCUT2D eigenvalue weighted by atomic mass is 16.5. The lowest BCUT2D eigenvalue weighted by molar-refractivity contribution is -0.108. The molecule has 0 bridgehead atoms. The summed E-state index contributed by atoms with van der Waals surface area (Å²) in [5, 5.41) is 3.14. The molecule has 0 aliphatic carbocycles. The molecule has 3 N–H and O–H groups in total. The normalized spacial score (nSPS) is 19.7. The number of fused-ring (bicyclic) bond motifs is 1. The molecule has 1 saturated heterocycles. The fraction of sp³-hybridized carbons (Fsp3) is 0.762. The first-order valence-electron chi connectivity index (χ1n) is 11.3. The lowest BCUT2D eigenvalue weighted by atomic mass is 10.2. The van der Waals surface area contributed by atoms with E-state index in [1.54, 1.807) is 0 Å². The number of piperazine rings is 1. The number of aromatic nitrogens is 2. The van der Waals surface area contributed by atoms with E-state index in [1.807, 2.05) is 4.90 Å². The zero-order valence-electron chi connectivity index (χ0n) is 18.6. The molecule has 1 atom stereocenters. The minimum Gasteiger partial charge on any atom is -0.463 e. The lowest BCUT2D eigenvalue weighted by Gasteiger charge is -2.37. The molecule has 0 radical (unpaired) electrons. The van der Waals surface area contributed by atoms with Crippen LogP contribution in [0.15, 0.2) is 0 Å². The third-order valence-corrected chi connectivity index (χ3v) is 5.92. The topological polar surface area (TPSA) is 99.8 Å². The number of rotatable bonds is 11. The summed E-state index contributed by atoms with van der Waals surface area (Å²) in [6, 6.07) is 0.904. The minimum atomic E-state index is -0.461. The molecule has 168 valence electrons. The molecule has 0 aromatic carbocycles. The molecular weight excluding hydrogens is 382 g/mol. The Morgan fingerprint density at radius 2 is 1.90 bits per heavy atom. The number of nitrogens with one attached hydrogen (secondary N) is 1. The van der Waals surface area contributed by atoms with Crippen LogP contribution < -0.4 is 20.7 Å². The van der Waals surface area contributed by atoms with Crippen LogP contribution in [0, 0.1) is 0 Å². The molecule has 9 nitrogen and oxygen atoms in total. The van der Waals surface area contributed by atoms with Crippen molar-refractivity contribution in [1.82, 2.24) is 19.8 Å². The van der Waals surface area contributed by atoms with Crippen molar-refractivity contribution in [3.05, 3.63) is 0 Å². The number of carbonyl (C=O) groups is 1. The van der Waals surface area contributed by atoms with Gasteiger partial charge in [0.05, 0.1) is 6.61 Å². The van der Waals surface area contributed by atoms with Crippen molar-refractivity contribution in [2.75, 3.05) is 61.8 Å². The van der Waals surface area contributed by atoms with Crippen LogP contribution in [0.3, 0.4) is 0 Å². The second-order valence-corrected chi connectivity index (χ2v) is 8.39. The Bertz CT molecular complexity index is 692. The van der Waals surface area contributed by atoms with Crippen LogP contribution in [0.5, 0.6) is 6.01 Å². The summed E-state index contributed by atoms with van der Waals surface area (Å²) in [4.78, 5) is 27.4. The van der Waals surface area contributed by atoms with Gasteiger partial charge in [0.25, 0.3) is 0 Å². The number of ether oxygens (including phenoxy) is 1. The van der Waals surface area contributed by atoms with E-state index >= 15 is 0 Å². The van der Waals surface area contributed by atoms with Gasteiger partial charge in [0.1, 0.15) is 5.69 Å². The minimum absolute atomic E-state index is 0.279. The van der Waals surface area contributed by atoms with Gasteiger partial charge in [-0.05, 0) is 39.7 Å². The highest BCUT2D eigenvalue weighted by molar-refractivity contribution is 5.87. The molecule has 0 amide bonds. The fourth-order valence-corrected chi connectivity index (χ4v) is 3.99. The van der Waals surface area contributed by atoms with Crippen LogP contribution in [-0.2, 0) is 4.79 Å².